The molecule has 3 rings (SSSR count). The topological polar surface area (TPSA) is 27.8 Å². The van der Waals surface area contributed by atoms with Crippen molar-refractivity contribution in [2.45, 2.75) is 32.2 Å². The fraction of sp³-hybridized carbons (Fsp3) is 0.529. The second-order valence-electron chi connectivity index (χ2n) is 5.98. The summed E-state index contributed by atoms with van der Waals surface area (Å²) in [5.74, 6) is 1.97. The van der Waals surface area contributed by atoms with Gasteiger partial charge in [0.15, 0.2) is 0 Å². The highest BCUT2D eigenvalue weighted by atomic mass is 32.2. The summed E-state index contributed by atoms with van der Waals surface area (Å²) in [4.78, 5) is 3.65. The number of aryl methyl sites for hydroxylation is 1. The summed E-state index contributed by atoms with van der Waals surface area (Å²) < 4.78 is 0. The lowest BCUT2D eigenvalue weighted by Crippen LogP contribution is -2.29. The maximum Gasteiger partial charge on any atom is 0.0476 e. The lowest BCUT2D eigenvalue weighted by atomic mass is 9.91. The molecule has 2 N–H and O–H groups in total. The average Bonchev–Trinajstić information content (AvgIpc) is 2.84. The number of aromatic nitrogens is 1. The molecule has 3 heteroatoms. The quantitative estimate of drug-likeness (QED) is 0.865. The summed E-state index contributed by atoms with van der Waals surface area (Å²) >= 11 is 1.94. The van der Waals surface area contributed by atoms with Gasteiger partial charge in [-0.3, -0.25) is 0 Å². The Morgan fingerprint density at radius 1 is 1.40 bits per heavy atom. The Balaban J connectivity index is 1.79. The molecule has 2 nitrogen and oxygen atoms in total. The van der Waals surface area contributed by atoms with Crippen molar-refractivity contribution in [3.63, 3.8) is 0 Å². The zero-order chi connectivity index (χ0) is 13.9. The lowest BCUT2D eigenvalue weighted by molar-refractivity contribution is 0.424. The van der Waals surface area contributed by atoms with Crippen molar-refractivity contribution in [2.24, 2.45) is 5.92 Å². The predicted molar refractivity (Wildman–Crippen MR) is 89.5 cm³/mol. The minimum atomic E-state index is 0.510. The van der Waals surface area contributed by atoms with Gasteiger partial charge in [-0.1, -0.05) is 25.1 Å². The Morgan fingerprint density at radius 2 is 2.25 bits per heavy atom. The number of rotatable bonds is 5. The molecule has 0 spiro atoms. The number of hydrogen-bond acceptors (Lipinski definition) is 2. The minimum Gasteiger partial charge on any atom is -0.357 e. The van der Waals surface area contributed by atoms with Crippen LogP contribution in [0.1, 0.15) is 37.1 Å². The first kappa shape index (κ1) is 14.0. The first-order chi connectivity index (χ1) is 9.79. The molecule has 2 aromatic rings. The number of fused-ring (bicyclic) bond motifs is 3. The van der Waals surface area contributed by atoms with E-state index in [0.29, 0.717) is 6.04 Å². The van der Waals surface area contributed by atoms with E-state index in [1.54, 1.807) is 5.56 Å². The zero-order valence-corrected chi connectivity index (χ0v) is 13.2. The predicted octanol–water partition coefficient (Wildman–Crippen LogP) is 4.13. The Hall–Kier alpha value is -0.930. The van der Waals surface area contributed by atoms with E-state index in [2.05, 4.69) is 47.7 Å². The van der Waals surface area contributed by atoms with Crippen LogP contribution in [0, 0.1) is 5.92 Å². The summed E-state index contributed by atoms with van der Waals surface area (Å²) in [7, 11) is 0. The Morgan fingerprint density at radius 3 is 3.10 bits per heavy atom. The number of thioether (sulfide) groups is 1. The highest BCUT2D eigenvalue weighted by molar-refractivity contribution is 7.98. The van der Waals surface area contributed by atoms with Crippen molar-refractivity contribution in [3.05, 3.63) is 35.5 Å². The molecule has 0 fully saturated rings. The van der Waals surface area contributed by atoms with Crippen LogP contribution in [0.25, 0.3) is 10.9 Å². The van der Waals surface area contributed by atoms with Gasteiger partial charge in [0.05, 0.1) is 0 Å². The second kappa shape index (κ2) is 6.23. The second-order valence-corrected chi connectivity index (χ2v) is 6.89. The van der Waals surface area contributed by atoms with Gasteiger partial charge in [-0.15, -0.1) is 0 Å². The zero-order valence-electron chi connectivity index (χ0n) is 12.4. The molecule has 0 aliphatic heterocycles. The number of H-pyrrole nitrogens is 1. The van der Waals surface area contributed by atoms with Gasteiger partial charge in [0, 0.05) is 22.6 Å². The van der Waals surface area contributed by atoms with E-state index < -0.39 is 0 Å². The first-order valence-electron chi connectivity index (χ1n) is 7.61. The lowest BCUT2D eigenvalue weighted by Gasteiger charge is -2.25. The van der Waals surface area contributed by atoms with Crippen LogP contribution in [0.5, 0.6) is 0 Å². The van der Waals surface area contributed by atoms with Crippen molar-refractivity contribution < 1.29 is 0 Å². The summed E-state index contributed by atoms with van der Waals surface area (Å²) in [6.45, 7) is 3.44. The molecule has 0 bridgehead atoms. The van der Waals surface area contributed by atoms with E-state index in [4.69, 9.17) is 0 Å². The third-order valence-corrected chi connectivity index (χ3v) is 5.18. The van der Waals surface area contributed by atoms with Crippen molar-refractivity contribution in [3.8, 4) is 0 Å². The van der Waals surface area contributed by atoms with Gasteiger partial charge in [0.2, 0.25) is 0 Å². The van der Waals surface area contributed by atoms with Gasteiger partial charge < -0.3 is 10.3 Å². The van der Waals surface area contributed by atoms with Gasteiger partial charge >= 0.3 is 0 Å². The normalized spacial score (nSPS) is 20.0. The summed E-state index contributed by atoms with van der Waals surface area (Å²) in [5, 5.41) is 5.20. The average molecular weight is 288 g/mol. The van der Waals surface area contributed by atoms with E-state index in [-0.39, 0.29) is 0 Å². The third-order valence-electron chi connectivity index (χ3n) is 4.28. The Bertz CT molecular complexity index is 575. The molecular formula is C17H24N2S. The van der Waals surface area contributed by atoms with Crippen LogP contribution in [-0.4, -0.2) is 23.5 Å². The van der Waals surface area contributed by atoms with Crippen LogP contribution >= 0.6 is 11.8 Å². The van der Waals surface area contributed by atoms with Crippen molar-refractivity contribution in [2.75, 3.05) is 18.6 Å². The maximum absolute atomic E-state index is 3.78. The summed E-state index contributed by atoms with van der Waals surface area (Å²) in [5.41, 5.74) is 4.28. The highest BCUT2D eigenvalue weighted by Gasteiger charge is 2.23. The SMILES string of the molecule is CSCC(C)CNC1CCCc2c1[nH]c1ccccc21. The first-order valence-corrected chi connectivity index (χ1v) is 9.00. The van der Waals surface area contributed by atoms with Crippen LogP contribution in [0.3, 0.4) is 0 Å². The maximum atomic E-state index is 3.78. The van der Waals surface area contributed by atoms with E-state index in [1.165, 1.54) is 41.6 Å². The summed E-state index contributed by atoms with van der Waals surface area (Å²) in [6.07, 6.45) is 5.96. The van der Waals surface area contributed by atoms with E-state index in [0.717, 1.165) is 12.5 Å². The minimum absolute atomic E-state index is 0.510. The molecule has 20 heavy (non-hydrogen) atoms. The molecular weight excluding hydrogens is 264 g/mol. The molecule has 0 radical (unpaired) electrons. The largest absolute Gasteiger partial charge is 0.357 e. The molecule has 0 saturated carbocycles. The van der Waals surface area contributed by atoms with Crippen LogP contribution in [0.2, 0.25) is 0 Å². The summed E-state index contributed by atoms with van der Waals surface area (Å²) in [6, 6.07) is 9.22. The van der Waals surface area contributed by atoms with Gasteiger partial charge in [0.25, 0.3) is 0 Å². The third kappa shape index (κ3) is 2.75. The fourth-order valence-corrected chi connectivity index (χ4v) is 3.99. The van der Waals surface area contributed by atoms with E-state index in [1.807, 2.05) is 11.8 Å². The monoisotopic (exact) mass is 288 g/mol. The Kier molecular flexibility index (Phi) is 4.37. The molecule has 1 aliphatic carbocycles. The molecule has 0 amide bonds. The molecule has 2 atom stereocenters. The number of aromatic amines is 1. The Labute approximate surface area is 125 Å². The van der Waals surface area contributed by atoms with Crippen LogP contribution in [0.4, 0.5) is 0 Å². The van der Waals surface area contributed by atoms with Gasteiger partial charge in [-0.2, -0.15) is 11.8 Å². The molecule has 1 aromatic carbocycles. The van der Waals surface area contributed by atoms with E-state index >= 15 is 0 Å². The van der Waals surface area contributed by atoms with Crippen molar-refractivity contribution in [1.82, 2.24) is 10.3 Å². The number of hydrogen-bond donors (Lipinski definition) is 2. The van der Waals surface area contributed by atoms with E-state index in [9.17, 15) is 0 Å². The fourth-order valence-electron chi connectivity index (χ4n) is 3.31. The number of nitrogens with one attached hydrogen (secondary N) is 2. The number of benzene rings is 1. The number of para-hydroxylation sites is 1. The van der Waals surface area contributed by atoms with Crippen molar-refractivity contribution >= 4 is 22.7 Å². The standard InChI is InChI=1S/C17H24N2S/c1-12(11-20-2)10-18-16-9-5-7-14-13-6-3-4-8-15(13)19-17(14)16/h3-4,6,8,12,16,18-19H,5,7,9-11H2,1-2H3. The molecule has 1 aromatic heterocycles. The molecule has 2 unspecified atom stereocenters. The molecule has 1 aliphatic rings. The van der Waals surface area contributed by atoms with Crippen molar-refractivity contribution in [1.29, 1.82) is 0 Å². The van der Waals surface area contributed by atoms with Gasteiger partial charge in [-0.25, -0.2) is 0 Å². The highest BCUT2D eigenvalue weighted by Crippen LogP contribution is 2.34. The van der Waals surface area contributed by atoms with Crippen LogP contribution in [0.15, 0.2) is 24.3 Å². The molecule has 1 heterocycles. The van der Waals surface area contributed by atoms with Crippen LogP contribution in [-0.2, 0) is 6.42 Å². The van der Waals surface area contributed by atoms with Gasteiger partial charge in [-0.05, 0) is 55.4 Å². The molecule has 108 valence electrons. The molecule has 0 saturated heterocycles. The smallest absolute Gasteiger partial charge is 0.0476 e. The van der Waals surface area contributed by atoms with Gasteiger partial charge in [0.1, 0.15) is 0 Å². The van der Waals surface area contributed by atoms with Crippen LogP contribution < -0.4 is 5.32 Å².